The van der Waals surface area contributed by atoms with Crippen LogP contribution in [0.25, 0.3) is 0 Å². The Bertz CT molecular complexity index is 1100. The minimum absolute atomic E-state index is 0. The predicted octanol–water partition coefficient (Wildman–Crippen LogP) is -5.22. The summed E-state index contributed by atoms with van der Waals surface area (Å²) in [6.07, 6.45) is 6.47. The Morgan fingerprint density at radius 3 is 0.577 bits per heavy atom. The summed E-state index contributed by atoms with van der Waals surface area (Å²) < 4.78 is 0. The second-order valence-electron chi connectivity index (χ2n) is 7.83. The van der Waals surface area contributed by atoms with E-state index < -0.39 is 23.9 Å². The Morgan fingerprint density at radius 2 is 0.519 bits per heavy atom. The van der Waals surface area contributed by atoms with Crippen molar-refractivity contribution in [2.75, 3.05) is 0 Å². The maximum absolute atomic E-state index is 10.1. The molecule has 20 heteroatoms. The van der Waals surface area contributed by atoms with Crippen LogP contribution in [-0.4, -0.2) is 43.8 Å². The van der Waals surface area contributed by atoms with Gasteiger partial charge in [-0.1, -0.05) is 50.7 Å². The smallest absolute Gasteiger partial charge is 0.850 e. The van der Waals surface area contributed by atoms with E-state index in [1.54, 1.807) is 97.6 Å². The number of aliphatic carboxylic acids is 4. The molecule has 0 fully saturated rings. The van der Waals surface area contributed by atoms with Crippen molar-refractivity contribution in [2.24, 2.45) is 0 Å². The molecule has 0 N–H and O–H groups in total. The molecule has 52 heavy (non-hydrogen) atoms. The molecule has 0 radical (unpaired) electrons. The Kier molecular flexibility index (Phi) is 66.1. The van der Waals surface area contributed by atoms with Crippen LogP contribution in [0, 0.1) is 0 Å². The average Bonchev–Trinajstić information content (AvgIpc) is 3.06. The molecule has 4 aromatic heterocycles. The molecule has 0 unspecified atom stereocenters. The molecule has 4 aromatic rings. The van der Waals surface area contributed by atoms with Crippen LogP contribution in [0.1, 0.15) is 50.5 Å². The van der Waals surface area contributed by atoms with Crippen LogP contribution in [0.5, 0.6) is 0 Å². The van der Waals surface area contributed by atoms with E-state index in [4.69, 9.17) is 39.6 Å². The van der Waals surface area contributed by atoms with Crippen molar-refractivity contribution >= 4 is 23.9 Å². The van der Waals surface area contributed by atoms with Crippen molar-refractivity contribution in [1.29, 1.82) is 0 Å². The number of rotatable bonds is 4. The van der Waals surface area contributed by atoms with Crippen LogP contribution in [0.3, 0.4) is 0 Å². The van der Waals surface area contributed by atoms with Gasteiger partial charge in [0.1, 0.15) is 0 Å². The maximum atomic E-state index is 10.1. The summed E-state index contributed by atoms with van der Waals surface area (Å²) in [6.45, 7) is 3.00. The SMILES string of the molecule is CC(=O)[O-].CC(=O)[O-].CC(=O)[O-].CC(=O)[O-].[Ni+2].[Ni+2].[Ni+2].[Ni+2].[O-]Cc1ccccn1.[O-]Cc1ccccn1.[O-]Cc1ccccn1.[O-]Cc1ccccn1. The minimum atomic E-state index is -1.08. The fourth-order valence-electron chi connectivity index (χ4n) is 1.93. The van der Waals surface area contributed by atoms with Gasteiger partial charge in [-0.2, -0.15) is 0 Å². The van der Waals surface area contributed by atoms with Crippen molar-refractivity contribution < 1.29 is 126 Å². The third-order valence-electron chi connectivity index (χ3n) is 3.50. The molecule has 0 aliphatic rings. The summed E-state index contributed by atoms with van der Waals surface area (Å²) in [4.78, 5) is 50.7. The molecule has 0 aliphatic carbocycles. The van der Waals surface area contributed by atoms with E-state index in [2.05, 4.69) is 19.9 Å². The molecular formula is C32H36N4Ni4O12. The summed E-state index contributed by atoms with van der Waals surface area (Å²) >= 11 is 0. The molecule has 296 valence electrons. The number of aromatic nitrogens is 4. The number of carbonyl (C=O) groups is 4. The topological polar surface area (TPSA) is 304 Å². The molecule has 0 saturated carbocycles. The van der Waals surface area contributed by atoms with E-state index >= 15 is 0 Å². The molecule has 0 bridgehead atoms. The molecule has 4 rings (SSSR count). The molecule has 0 saturated heterocycles. The molecule has 0 aromatic carbocycles. The van der Waals surface area contributed by atoms with Gasteiger partial charge in [-0.3, -0.25) is 19.9 Å². The first-order chi connectivity index (χ1) is 22.7. The van der Waals surface area contributed by atoms with Gasteiger partial charge in [0.25, 0.3) is 0 Å². The van der Waals surface area contributed by atoms with Gasteiger partial charge in [-0.25, -0.2) is 0 Å². The van der Waals surface area contributed by atoms with E-state index in [0.717, 1.165) is 27.7 Å². The van der Waals surface area contributed by atoms with Gasteiger partial charge in [-0.05, 0) is 76.2 Å². The third kappa shape index (κ3) is 72.1. The average molecular weight is 903 g/mol. The number of pyridine rings is 4. The van der Waals surface area contributed by atoms with Crippen molar-refractivity contribution in [2.45, 2.75) is 54.1 Å². The van der Waals surface area contributed by atoms with Gasteiger partial charge in [-0.15, -0.1) is 0 Å². The molecule has 0 spiro atoms. The monoisotopic (exact) mass is 900 g/mol. The maximum Gasteiger partial charge on any atom is 2.00 e. The zero-order valence-corrected chi connectivity index (χ0v) is 32.0. The minimum Gasteiger partial charge on any atom is -0.850 e. The Hall–Kier alpha value is -3.71. The van der Waals surface area contributed by atoms with Gasteiger partial charge >= 0.3 is 66.0 Å². The molecule has 0 aliphatic heterocycles. The molecule has 16 nitrogen and oxygen atoms in total. The zero-order chi connectivity index (χ0) is 37.6. The number of carboxylic acids is 4. The first kappa shape index (κ1) is 66.5. The van der Waals surface area contributed by atoms with Crippen molar-refractivity contribution in [1.82, 2.24) is 19.9 Å². The first-order valence-corrected chi connectivity index (χ1v) is 13.3. The van der Waals surface area contributed by atoms with Crippen molar-refractivity contribution in [3.05, 3.63) is 120 Å². The van der Waals surface area contributed by atoms with Crippen LogP contribution < -0.4 is 40.9 Å². The standard InChI is InChI=1S/4C6H6NO.4C2H4O2.4Ni/c4*8-5-6-3-1-2-4-7-6;4*1-2(3)4;;;;/h4*1-4H,5H2;4*1H3,(H,3,4);;;;/q4*-1;;;;;4*+2/p-4. The summed E-state index contributed by atoms with van der Waals surface area (Å²) in [5, 5.41) is 75.8. The summed E-state index contributed by atoms with van der Waals surface area (Å²) in [7, 11) is 0. The van der Waals surface area contributed by atoms with E-state index in [0.29, 0.717) is 22.8 Å². The number of hydrogen-bond donors (Lipinski definition) is 0. The third-order valence-corrected chi connectivity index (χ3v) is 3.50. The van der Waals surface area contributed by atoms with E-state index in [1.165, 1.54) is 0 Å². The second-order valence-corrected chi connectivity index (χ2v) is 7.83. The number of carboxylic acid groups (broad SMARTS) is 4. The fraction of sp³-hybridized carbons (Fsp3) is 0.250. The van der Waals surface area contributed by atoms with Gasteiger partial charge in [0.05, 0.1) is 0 Å². The Morgan fingerprint density at radius 1 is 0.385 bits per heavy atom. The number of hydrogen-bond acceptors (Lipinski definition) is 16. The van der Waals surface area contributed by atoms with Crippen molar-refractivity contribution in [3.8, 4) is 0 Å². The molecule has 4 heterocycles. The van der Waals surface area contributed by atoms with E-state index in [1.807, 2.05) is 0 Å². The molecule has 0 amide bonds. The van der Waals surface area contributed by atoms with Gasteiger partial charge < -0.3 is 60.0 Å². The van der Waals surface area contributed by atoms with E-state index in [-0.39, 0.29) is 92.4 Å². The Labute approximate surface area is 342 Å². The molecular weight excluding hydrogens is 867 g/mol. The van der Waals surface area contributed by atoms with Crippen LogP contribution in [0.4, 0.5) is 0 Å². The van der Waals surface area contributed by atoms with Crippen LogP contribution in [0.15, 0.2) is 97.6 Å². The van der Waals surface area contributed by atoms with Crippen LogP contribution >= 0.6 is 0 Å². The van der Waals surface area contributed by atoms with Crippen LogP contribution in [0.2, 0.25) is 0 Å². The van der Waals surface area contributed by atoms with Gasteiger partial charge in [0, 0.05) is 71.4 Å². The Balaban J connectivity index is -0.0000000717. The summed E-state index contributed by atoms with van der Waals surface area (Å²) in [5.41, 5.74) is 2.42. The normalized spacial score (nSPS) is 7.54. The fourth-order valence-corrected chi connectivity index (χ4v) is 1.93. The molecule has 0 atom stereocenters. The number of nitrogens with zero attached hydrogens (tertiary/aromatic N) is 4. The summed E-state index contributed by atoms with van der Waals surface area (Å²) in [5.74, 6) is -4.33. The number of carbonyl (C=O) groups excluding carboxylic acids is 4. The van der Waals surface area contributed by atoms with Crippen molar-refractivity contribution in [3.63, 3.8) is 0 Å². The largest absolute Gasteiger partial charge is 2.00 e. The summed E-state index contributed by atoms with van der Waals surface area (Å²) in [6, 6.07) is 21.2. The quantitative estimate of drug-likeness (QED) is 0.173. The first-order valence-electron chi connectivity index (χ1n) is 13.3. The predicted molar refractivity (Wildman–Crippen MR) is 154 cm³/mol. The van der Waals surface area contributed by atoms with Crippen LogP contribution in [-0.2, 0) is 112 Å². The second kappa shape index (κ2) is 51.7. The zero-order valence-electron chi connectivity index (χ0n) is 28.0. The van der Waals surface area contributed by atoms with E-state index in [9.17, 15) is 20.4 Å². The van der Waals surface area contributed by atoms with Gasteiger partial charge in [0.2, 0.25) is 0 Å². The van der Waals surface area contributed by atoms with Gasteiger partial charge in [0.15, 0.2) is 0 Å².